The third-order valence-corrected chi connectivity index (χ3v) is 4.71. The Bertz CT molecular complexity index is 706. The minimum atomic E-state index is 0.0877. The highest BCUT2D eigenvalue weighted by Crippen LogP contribution is 2.26. The highest BCUT2D eigenvalue weighted by atomic mass is 32.2. The van der Waals surface area contributed by atoms with Gasteiger partial charge in [-0.3, -0.25) is 9.36 Å². The molecule has 0 aliphatic carbocycles. The van der Waals surface area contributed by atoms with Gasteiger partial charge in [0.2, 0.25) is 5.91 Å². The average Bonchev–Trinajstić information content (AvgIpc) is 3.08. The van der Waals surface area contributed by atoms with Crippen LogP contribution in [0, 0.1) is 0 Å². The molecule has 24 heavy (non-hydrogen) atoms. The van der Waals surface area contributed by atoms with Crippen LogP contribution in [0.5, 0.6) is 5.75 Å². The molecule has 2 heterocycles. The van der Waals surface area contributed by atoms with Crippen LogP contribution in [0.2, 0.25) is 0 Å². The summed E-state index contributed by atoms with van der Waals surface area (Å²) in [6, 6.07) is 7.64. The number of hydrogen-bond acceptors (Lipinski definition) is 6. The zero-order chi connectivity index (χ0) is 16.9. The summed E-state index contributed by atoms with van der Waals surface area (Å²) in [6.07, 6.45) is 1.71. The predicted molar refractivity (Wildman–Crippen MR) is 90.6 cm³/mol. The molecule has 0 N–H and O–H groups in total. The van der Waals surface area contributed by atoms with E-state index in [1.165, 1.54) is 11.8 Å². The largest absolute Gasteiger partial charge is 0.495 e. The molecule has 3 rings (SSSR count). The van der Waals surface area contributed by atoms with Crippen molar-refractivity contribution < 1.29 is 14.3 Å². The molecule has 1 atom stereocenters. The van der Waals surface area contributed by atoms with Crippen LogP contribution in [0.15, 0.2) is 35.7 Å². The number of methoxy groups -OCH3 is 1. The SMILES string of the molecule is COc1ccccc1-n1cnnc1SCC(=O)N1CCO[C@@H](C)C1. The number of para-hydroxylation sites is 2. The lowest BCUT2D eigenvalue weighted by Crippen LogP contribution is -2.45. The molecule has 7 nitrogen and oxygen atoms in total. The van der Waals surface area contributed by atoms with Gasteiger partial charge in [0.15, 0.2) is 5.16 Å². The number of hydrogen-bond donors (Lipinski definition) is 0. The van der Waals surface area contributed by atoms with Gasteiger partial charge in [0.1, 0.15) is 12.1 Å². The molecule has 1 fully saturated rings. The fourth-order valence-corrected chi connectivity index (χ4v) is 3.40. The molecular weight excluding hydrogens is 328 g/mol. The van der Waals surface area contributed by atoms with Crippen LogP contribution in [0.3, 0.4) is 0 Å². The standard InChI is InChI=1S/C16H20N4O3S/c1-12-9-19(7-8-23-12)15(21)10-24-16-18-17-11-20(16)13-5-3-4-6-14(13)22-2/h3-6,11-12H,7-10H2,1-2H3/t12-/m0/s1. The summed E-state index contributed by atoms with van der Waals surface area (Å²) in [5, 5.41) is 8.75. The second-order valence-electron chi connectivity index (χ2n) is 5.47. The minimum Gasteiger partial charge on any atom is -0.495 e. The summed E-state index contributed by atoms with van der Waals surface area (Å²) < 4.78 is 12.7. The fourth-order valence-electron chi connectivity index (χ4n) is 2.58. The number of nitrogens with zero attached hydrogens (tertiary/aromatic N) is 4. The van der Waals surface area contributed by atoms with Gasteiger partial charge < -0.3 is 14.4 Å². The van der Waals surface area contributed by atoms with Gasteiger partial charge in [0.25, 0.3) is 0 Å². The number of thioether (sulfide) groups is 1. The predicted octanol–water partition coefficient (Wildman–Crippen LogP) is 1.62. The average molecular weight is 348 g/mol. The van der Waals surface area contributed by atoms with E-state index in [2.05, 4.69) is 10.2 Å². The minimum absolute atomic E-state index is 0.0877. The van der Waals surface area contributed by atoms with E-state index in [4.69, 9.17) is 9.47 Å². The molecule has 1 amide bonds. The van der Waals surface area contributed by atoms with Crippen molar-refractivity contribution in [3.8, 4) is 11.4 Å². The highest BCUT2D eigenvalue weighted by Gasteiger charge is 2.22. The number of carbonyl (C=O) groups excluding carboxylic acids is 1. The summed E-state index contributed by atoms with van der Waals surface area (Å²) in [6.45, 7) is 3.85. The van der Waals surface area contributed by atoms with E-state index in [0.29, 0.717) is 30.6 Å². The zero-order valence-corrected chi connectivity index (χ0v) is 14.5. The zero-order valence-electron chi connectivity index (χ0n) is 13.7. The third-order valence-electron chi connectivity index (χ3n) is 3.78. The number of amides is 1. The second kappa shape index (κ2) is 7.67. The van der Waals surface area contributed by atoms with E-state index in [1.807, 2.05) is 40.7 Å². The topological polar surface area (TPSA) is 69.5 Å². The van der Waals surface area contributed by atoms with E-state index in [1.54, 1.807) is 13.4 Å². The molecule has 1 aliphatic heterocycles. The van der Waals surface area contributed by atoms with Crippen LogP contribution < -0.4 is 4.74 Å². The Balaban J connectivity index is 1.69. The van der Waals surface area contributed by atoms with Gasteiger partial charge in [-0.25, -0.2) is 0 Å². The van der Waals surface area contributed by atoms with Crippen molar-refractivity contribution in [2.45, 2.75) is 18.2 Å². The van der Waals surface area contributed by atoms with E-state index in [0.717, 1.165) is 11.4 Å². The van der Waals surface area contributed by atoms with Crippen molar-refractivity contribution in [1.29, 1.82) is 0 Å². The van der Waals surface area contributed by atoms with Gasteiger partial charge in [-0.1, -0.05) is 23.9 Å². The quantitative estimate of drug-likeness (QED) is 0.765. The van der Waals surface area contributed by atoms with Gasteiger partial charge in [0.05, 0.1) is 31.3 Å². The molecule has 1 aromatic heterocycles. The molecule has 128 valence electrons. The van der Waals surface area contributed by atoms with Gasteiger partial charge in [-0.05, 0) is 19.1 Å². The lowest BCUT2D eigenvalue weighted by atomic mass is 10.3. The molecule has 0 bridgehead atoms. The summed E-state index contributed by atoms with van der Waals surface area (Å²) in [7, 11) is 1.62. The highest BCUT2D eigenvalue weighted by molar-refractivity contribution is 7.99. The second-order valence-corrected chi connectivity index (χ2v) is 6.41. The molecule has 0 spiro atoms. The maximum atomic E-state index is 12.4. The Morgan fingerprint density at radius 3 is 3.08 bits per heavy atom. The smallest absolute Gasteiger partial charge is 0.233 e. The van der Waals surface area contributed by atoms with Crippen LogP contribution in [-0.2, 0) is 9.53 Å². The number of carbonyl (C=O) groups is 1. The van der Waals surface area contributed by atoms with Gasteiger partial charge in [-0.2, -0.15) is 0 Å². The fraction of sp³-hybridized carbons (Fsp3) is 0.438. The maximum Gasteiger partial charge on any atom is 0.233 e. The van der Waals surface area contributed by atoms with E-state index < -0.39 is 0 Å². The molecule has 1 aromatic carbocycles. The first kappa shape index (κ1) is 16.8. The molecule has 1 aliphatic rings. The van der Waals surface area contributed by atoms with Gasteiger partial charge in [-0.15, -0.1) is 10.2 Å². The summed E-state index contributed by atoms with van der Waals surface area (Å²) in [5.74, 6) is 1.14. The lowest BCUT2D eigenvalue weighted by molar-refractivity contribution is -0.135. The van der Waals surface area contributed by atoms with Crippen molar-refractivity contribution in [2.75, 3.05) is 32.6 Å². The normalized spacial score (nSPS) is 17.8. The van der Waals surface area contributed by atoms with E-state index in [9.17, 15) is 4.79 Å². The Labute approximate surface area is 145 Å². The van der Waals surface area contributed by atoms with Crippen LogP contribution in [0.4, 0.5) is 0 Å². The Morgan fingerprint density at radius 1 is 1.46 bits per heavy atom. The molecular formula is C16H20N4O3S. The number of benzene rings is 1. The maximum absolute atomic E-state index is 12.4. The molecule has 0 saturated carbocycles. The van der Waals surface area contributed by atoms with Gasteiger partial charge in [0, 0.05) is 13.1 Å². The third kappa shape index (κ3) is 3.70. The first-order chi connectivity index (χ1) is 11.7. The summed E-state index contributed by atoms with van der Waals surface area (Å²) in [4.78, 5) is 14.2. The van der Waals surface area contributed by atoms with Crippen molar-refractivity contribution >= 4 is 17.7 Å². The Morgan fingerprint density at radius 2 is 2.29 bits per heavy atom. The monoisotopic (exact) mass is 348 g/mol. The molecule has 0 unspecified atom stereocenters. The van der Waals surface area contributed by atoms with Crippen molar-refractivity contribution in [2.24, 2.45) is 0 Å². The van der Waals surface area contributed by atoms with E-state index in [-0.39, 0.29) is 12.0 Å². The Kier molecular flexibility index (Phi) is 5.37. The molecule has 0 radical (unpaired) electrons. The Hall–Kier alpha value is -2.06. The number of ether oxygens (including phenoxy) is 2. The van der Waals surface area contributed by atoms with E-state index >= 15 is 0 Å². The number of rotatable bonds is 5. The molecule has 8 heteroatoms. The number of aromatic nitrogens is 3. The summed E-state index contributed by atoms with van der Waals surface area (Å²) in [5.41, 5.74) is 0.847. The van der Waals surface area contributed by atoms with Gasteiger partial charge >= 0.3 is 0 Å². The first-order valence-electron chi connectivity index (χ1n) is 7.74. The van der Waals surface area contributed by atoms with Crippen LogP contribution in [-0.4, -0.2) is 64.2 Å². The molecule has 1 saturated heterocycles. The van der Waals surface area contributed by atoms with Crippen molar-refractivity contribution in [3.05, 3.63) is 30.6 Å². The van der Waals surface area contributed by atoms with Crippen LogP contribution >= 0.6 is 11.8 Å². The molecule has 2 aromatic rings. The van der Waals surface area contributed by atoms with Crippen molar-refractivity contribution in [1.82, 2.24) is 19.7 Å². The summed E-state index contributed by atoms with van der Waals surface area (Å²) >= 11 is 1.37. The number of morpholine rings is 1. The van der Waals surface area contributed by atoms with Crippen molar-refractivity contribution in [3.63, 3.8) is 0 Å². The lowest BCUT2D eigenvalue weighted by Gasteiger charge is -2.31. The van der Waals surface area contributed by atoms with Crippen LogP contribution in [0.1, 0.15) is 6.92 Å². The first-order valence-corrected chi connectivity index (χ1v) is 8.73. The van der Waals surface area contributed by atoms with Crippen LogP contribution in [0.25, 0.3) is 5.69 Å².